The van der Waals surface area contributed by atoms with E-state index in [2.05, 4.69) is 20.6 Å². The topological polar surface area (TPSA) is 55.1 Å². The Kier molecular flexibility index (Phi) is 3.53. The van der Waals surface area contributed by atoms with E-state index in [0.29, 0.717) is 5.01 Å². The van der Waals surface area contributed by atoms with Crippen molar-refractivity contribution in [3.63, 3.8) is 0 Å². The molecule has 1 unspecified atom stereocenters. The molecule has 18 heavy (non-hydrogen) atoms. The molecule has 2 rings (SSSR count). The third-order valence-corrected chi connectivity index (χ3v) is 3.41. The first-order valence-corrected chi connectivity index (χ1v) is 6.28. The lowest BCUT2D eigenvalue weighted by atomic mass is 10.3. The summed E-state index contributed by atoms with van der Waals surface area (Å²) in [6, 6.07) is -0.0993. The zero-order valence-electron chi connectivity index (χ0n) is 9.82. The number of hydrogen-bond acceptors (Lipinski definition) is 5. The van der Waals surface area contributed by atoms with Crippen LogP contribution in [0.3, 0.4) is 0 Å². The lowest BCUT2D eigenvalue weighted by Gasteiger charge is -2.08. The first-order chi connectivity index (χ1) is 8.43. The molecule has 0 aliphatic rings. The summed E-state index contributed by atoms with van der Waals surface area (Å²) in [5, 5.41) is 14.2. The fraction of sp³-hybridized carbons (Fsp3) is 0.667. The molecule has 0 radical (unpaired) electrons. The average Bonchev–Trinajstić information content (AvgIpc) is 2.82. The molecule has 0 aliphatic carbocycles. The van der Waals surface area contributed by atoms with E-state index in [4.69, 9.17) is 0 Å². The summed E-state index contributed by atoms with van der Waals surface area (Å²) in [6.45, 7) is 4.65. The van der Waals surface area contributed by atoms with Gasteiger partial charge in [-0.3, -0.25) is 0 Å². The summed E-state index contributed by atoms with van der Waals surface area (Å²) in [6.07, 6.45) is -3.59. The van der Waals surface area contributed by atoms with Gasteiger partial charge < -0.3 is 5.32 Å². The second kappa shape index (κ2) is 4.81. The van der Waals surface area contributed by atoms with Crippen molar-refractivity contribution in [2.24, 2.45) is 0 Å². The Balaban J connectivity index is 2.31. The maximum absolute atomic E-state index is 12.6. The Morgan fingerprint density at radius 1 is 1.39 bits per heavy atom. The lowest BCUT2D eigenvalue weighted by molar-refractivity contribution is -0.146. The van der Waals surface area contributed by atoms with Gasteiger partial charge >= 0.3 is 6.18 Å². The van der Waals surface area contributed by atoms with E-state index in [1.807, 2.05) is 13.8 Å². The highest BCUT2D eigenvalue weighted by Gasteiger charge is 2.38. The summed E-state index contributed by atoms with van der Waals surface area (Å²) in [5.41, 5.74) is 0. The van der Waals surface area contributed by atoms with Crippen LogP contribution in [0.15, 0.2) is 0 Å². The maximum atomic E-state index is 12.6. The third-order valence-electron chi connectivity index (χ3n) is 2.33. The smallest absolute Gasteiger partial charge is 0.308 e. The average molecular weight is 279 g/mol. The summed E-state index contributed by atoms with van der Waals surface area (Å²) in [5.74, 6) is -1.08. The molecule has 2 aromatic rings. The van der Waals surface area contributed by atoms with Crippen molar-refractivity contribution in [1.82, 2.24) is 25.1 Å². The first kappa shape index (κ1) is 13.2. The predicted molar refractivity (Wildman–Crippen MR) is 60.4 cm³/mol. The molecule has 0 spiro atoms. The van der Waals surface area contributed by atoms with Crippen LogP contribution in [0.2, 0.25) is 0 Å². The highest BCUT2D eigenvalue weighted by Crippen LogP contribution is 2.30. The van der Waals surface area contributed by atoms with Crippen LogP contribution >= 0.6 is 11.3 Å². The fourth-order valence-electron chi connectivity index (χ4n) is 1.43. The minimum Gasteiger partial charge on any atom is -0.308 e. The van der Waals surface area contributed by atoms with Crippen LogP contribution in [0.1, 0.15) is 37.1 Å². The minimum atomic E-state index is -4.54. The van der Waals surface area contributed by atoms with Gasteiger partial charge in [0.1, 0.15) is 5.01 Å². The molecule has 1 N–H and O–H groups in total. The van der Waals surface area contributed by atoms with Gasteiger partial charge in [0.05, 0.1) is 6.04 Å². The quantitative estimate of drug-likeness (QED) is 0.932. The molecule has 0 saturated heterocycles. The first-order valence-electron chi connectivity index (χ1n) is 5.46. The summed E-state index contributed by atoms with van der Waals surface area (Å²) < 4.78 is 38.5. The number of rotatable bonds is 4. The number of hydrogen-bond donors (Lipinski definition) is 1. The second-order valence-corrected chi connectivity index (χ2v) is 4.82. The van der Waals surface area contributed by atoms with Crippen molar-refractivity contribution in [1.29, 1.82) is 0 Å². The van der Waals surface area contributed by atoms with Gasteiger partial charge in [-0.2, -0.15) is 22.8 Å². The van der Waals surface area contributed by atoms with Gasteiger partial charge in [0.2, 0.25) is 4.96 Å². The van der Waals surface area contributed by atoms with E-state index in [1.165, 1.54) is 0 Å². The van der Waals surface area contributed by atoms with Gasteiger partial charge in [-0.15, -0.1) is 10.2 Å². The Labute approximate surface area is 105 Å². The number of halogens is 3. The van der Waals surface area contributed by atoms with Crippen LogP contribution in [-0.2, 0) is 6.18 Å². The van der Waals surface area contributed by atoms with Crippen molar-refractivity contribution in [2.75, 3.05) is 6.54 Å². The van der Waals surface area contributed by atoms with Crippen LogP contribution in [0.5, 0.6) is 0 Å². The molecule has 0 fully saturated rings. The van der Waals surface area contributed by atoms with Crippen molar-refractivity contribution in [3.8, 4) is 0 Å². The zero-order valence-corrected chi connectivity index (χ0v) is 10.6. The van der Waals surface area contributed by atoms with E-state index in [1.54, 1.807) is 0 Å². The Bertz CT molecular complexity index is 532. The highest BCUT2D eigenvalue weighted by molar-refractivity contribution is 7.16. The van der Waals surface area contributed by atoms with Crippen LogP contribution < -0.4 is 5.32 Å². The number of fused-ring (bicyclic) bond motifs is 1. The van der Waals surface area contributed by atoms with Gasteiger partial charge in [-0.05, 0) is 19.9 Å². The van der Waals surface area contributed by atoms with E-state index < -0.39 is 12.0 Å². The monoisotopic (exact) mass is 279 g/mol. The summed E-state index contributed by atoms with van der Waals surface area (Å²) in [4.78, 5) is 0.155. The van der Waals surface area contributed by atoms with Gasteiger partial charge in [-0.1, -0.05) is 18.3 Å². The van der Waals surface area contributed by atoms with E-state index in [9.17, 15) is 13.2 Å². The highest BCUT2D eigenvalue weighted by atomic mass is 32.1. The van der Waals surface area contributed by atoms with Crippen LogP contribution in [0, 0.1) is 0 Å². The molecule has 1 atom stereocenters. The number of alkyl halides is 3. The minimum absolute atomic E-state index is 0.0993. The Hall–Kier alpha value is -1.22. The second-order valence-electron chi connectivity index (χ2n) is 3.83. The van der Waals surface area contributed by atoms with Crippen molar-refractivity contribution in [3.05, 3.63) is 10.8 Å². The predicted octanol–water partition coefficient (Wildman–Crippen LogP) is 2.27. The number of nitrogens with zero attached hydrogens (tertiary/aromatic N) is 4. The summed E-state index contributed by atoms with van der Waals surface area (Å²) >= 11 is 1.11. The molecule has 2 aromatic heterocycles. The molecule has 2 heterocycles. The van der Waals surface area contributed by atoms with Gasteiger partial charge in [0.25, 0.3) is 5.82 Å². The molecule has 0 aliphatic heterocycles. The molecule has 5 nitrogen and oxygen atoms in total. The molecule has 0 bridgehead atoms. The number of aromatic nitrogens is 4. The fourth-order valence-corrected chi connectivity index (χ4v) is 2.30. The SMILES string of the molecule is CCCNC(C)c1nn2c(C(F)(F)F)nnc2s1. The zero-order chi connectivity index (χ0) is 13.3. The maximum Gasteiger partial charge on any atom is 0.453 e. The van der Waals surface area contributed by atoms with Crippen molar-refractivity contribution < 1.29 is 13.2 Å². The van der Waals surface area contributed by atoms with Crippen LogP contribution in [0.4, 0.5) is 13.2 Å². The van der Waals surface area contributed by atoms with E-state index in [-0.39, 0.29) is 11.0 Å². The van der Waals surface area contributed by atoms with Gasteiger partial charge in [0, 0.05) is 0 Å². The molecule has 0 amide bonds. The molecule has 9 heteroatoms. The van der Waals surface area contributed by atoms with Crippen molar-refractivity contribution in [2.45, 2.75) is 32.5 Å². The summed E-state index contributed by atoms with van der Waals surface area (Å²) in [7, 11) is 0. The van der Waals surface area contributed by atoms with Crippen molar-refractivity contribution >= 4 is 16.3 Å². The normalized spacial score (nSPS) is 14.3. The molecular weight excluding hydrogens is 267 g/mol. The Morgan fingerprint density at radius 3 is 2.72 bits per heavy atom. The lowest BCUT2D eigenvalue weighted by Crippen LogP contribution is -2.19. The van der Waals surface area contributed by atoms with E-state index in [0.717, 1.165) is 28.8 Å². The number of nitrogens with one attached hydrogen (secondary N) is 1. The molecule has 0 aromatic carbocycles. The third kappa shape index (κ3) is 2.46. The Morgan fingerprint density at radius 2 is 2.11 bits per heavy atom. The van der Waals surface area contributed by atoms with Crippen LogP contribution in [0.25, 0.3) is 4.96 Å². The largest absolute Gasteiger partial charge is 0.453 e. The van der Waals surface area contributed by atoms with Crippen LogP contribution in [-0.4, -0.2) is 26.4 Å². The molecule has 100 valence electrons. The van der Waals surface area contributed by atoms with E-state index >= 15 is 0 Å². The van der Waals surface area contributed by atoms with Gasteiger partial charge in [-0.25, -0.2) is 0 Å². The van der Waals surface area contributed by atoms with Gasteiger partial charge in [0.15, 0.2) is 0 Å². The molecular formula is C9H12F3N5S. The standard InChI is InChI=1S/C9H12F3N5S/c1-3-4-13-5(2)6-16-17-7(9(10,11)12)14-15-8(17)18-6/h5,13H,3-4H2,1-2H3. The molecule has 0 saturated carbocycles.